The van der Waals surface area contributed by atoms with Crippen molar-refractivity contribution in [3.05, 3.63) is 41.2 Å². The molecule has 0 unspecified atom stereocenters. The van der Waals surface area contributed by atoms with Gasteiger partial charge in [-0.25, -0.2) is 9.18 Å². The van der Waals surface area contributed by atoms with Crippen molar-refractivity contribution in [1.29, 1.82) is 0 Å². The van der Waals surface area contributed by atoms with E-state index in [1.54, 1.807) is 19.1 Å². The molecule has 0 aromatic heterocycles. The van der Waals surface area contributed by atoms with E-state index in [0.29, 0.717) is 11.1 Å². The molecule has 0 aliphatic carbocycles. The van der Waals surface area contributed by atoms with Crippen LogP contribution < -0.4 is 0 Å². The minimum Gasteiger partial charge on any atom is -0.478 e. The lowest BCUT2D eigenvalue weighted by atomic mass is 10.1. The molecule has 1 rings (SSSR count). The zero-order chi connectivity index (χ0) is 9.84. The normalized spacial score (nSPS) is 10.6. The van der Waals surface area contributed by atoms with E-state index in [0.717, 1.165) is 6.08 Å². The van der Waals surface area contributed by atoms with Gasteiger partial charge in [0.15, 0.2) is 0 Å². The average Bonchev–Trinajstić information content (AvgIpc) is 2.07. The Morgan fingerprint density at radius 3 is 2.77 bits per heavy atom. The van der Waals surface area contributed by atoms with Crippen molar-refractivity contribution in [1.82, 2.24) is 0 Å². The van der Waals surface area contributed by atoms with Crippen molar-refractivity contribution in [3.8, 4) is 0 Å². The van der Waals surface area contributed by atoms with E-state index >= 15 is 0 Å². The molecule has 0 spiro atoms. The number of carbonyl (C=O) groups is 1. The minimum atomic E-state index is -1.04. The highest BCUT2D eigenvalue weighted by Crippen LogP contribution is 2.10. The molecule has 68 valence electrons. The van der Waals surface area contributed by atoms with E-state index in [9.17, 15) is 9.18 Å². The second kappa shape index (κ2) is 3.85. The highest BCUT2D eigenvalue weighted by atomic mass is 19.1. The third-order valence-corrected chi connectivity index (χ3v) is 1.61. The first-order chi connectivity index (χ1) is 6.09. The second-order valence-electron chi connectivity index (χ2n) is 2.68. The van der Waals surface area contributed by atoms with Crippen LogP contribution in [0.5, 0.6) is 0 Å². The van der Waals surface area contributed by atoms with Crippen molar-refractivity contribution in [2.45, 2.75) is 6.92 Å². The van der Waals surface area contributed by atoms with E-state index in [2.05, 4.69) is 0 Å². The van der Waals surface area contributed by atoms with Gasteiger partial charge in [0.05, 0.1) is 0 Å². The number of halogens is 1. The van der Waals surface area contributed by atoms with Crippen molar-refractivity contribution in [2.75, 3.05) is 0 Å². The Hall–Kier alpha value is -1.64. The number of aryl methyl sites for hydroxylation is 1. The molecule has 0 saturated heterocycles. The first kappa shape index (κ1) is 9.45. The summed E-state index contributed by atoms with van der Waals surface area (Å²) in [6, 6.07) is 4.57. The van der Waals surface area contributed by atoms with Crippen molar-refractivity contribution >= 4 is 12.0 Å². The number of carboxylic acid groups (broad SMARTS) is 1. The number of benzene rings is 1. The van der Waals surface area contributed by atoms with Gasteiger partial charge in [-0.2, -0.15) is 0 Å². The molecule has 13 heavy (non-hydrogen) atoms. The highest BCUT2D eigenvalue weighted by Gasteiger charge is 1.96. The zero-order valence-electron chi connectivity index (χ0n) is 7.12. The standard InChI is InChI=1S/C10H9FO2/c1-7-2-3-8(6-9(7)11)4-5-10(12)13/h2-6H,1H3,(H,12,13)/b5-4-. The van der Waals surface area contributed by atoms with Gasteiger partial charge < -0.3 is 5.11 Å². The lowest BCUT2D eigenvalue weighted by molar-refractivity contribution is -0.131. The van der Waals surface area contributed by atoms with E-state index in [-0.39, 0.29) is 5.82 Å². The topological polar surface area (TPSA) is 37.3 Å². The van der Waals surface area contributed by atoms with Crippen LogP contribution in [-0.2, 0) is 4.79 Å². The number of hydrogen-bond donors (Lipinski definition) is 1. The number of hydrogen-bond acceptors (Lipinski definition) is 1. The van der Waals surface area contributed by atoms with Crippen molar-refractivity contribution in [3.63, 3.8) is 0 Å². The van der Waals surface area contributed by atoms with Gasteiger partial charge in [-0.15, -0.1) is 0 Å². The summed E-state index contributed by atoms with van der Waals surface area (Å²) in [5, 5.41) is 8.32. The molecule has 0 aliphatic rings. The Labute approximate surface area is 75.3 Å². The van der Waals surface area contributed by atoms with Crippen LogP contribution in [0.1, 0.15) is 11.1 Å². The van der Waals surface area contributed by atoms with Crippen LogP contribution in [0.25, 0.3) is 6.08 Å². The Morgan fingerprint density at radius 1 is 1.54 bits per heavy atom. The molecule has 1 aromatic carbocycles. The summed E-state index contributed by atoms with van der Waals surface area (Å²) in [5.41, 5.74) is 1.10. The monoisotopic (exact) mass is 180 g/mol. The van der Waals surface area contributed by atoms with Crippen LogP contribution in [0, 0.1) is 12.7 Å². The molecule has 0 fully saturated rings. The molecule has 3 heteroatoms. The lowest BCUT2D eigenvalue weighted by Gasteiger charge is -1.96. The smallest absolute Gasteiger partial charge is 0.328 e. The van der Waals surface area contributed by atoms with E-state index in [1.807, 2.05) is 0 Å². The maximum absolute atomic E-state index is 12.9. The summed E-state index contributed by atoms with van der Waals surface area (Å²) in [6.45, 7) is 1.65. The SMILES string of the molecule is Cc1ccc(/C=C\C(=O)O)cc1F. The second-order valence-corrected chi connectivity index (χ2v) is 2.68. The van der Waals surface area contributed by atoms with Crippen molar-refractivity contribution < 1.29 is 14.3 Å². The Bertz CT molecular complexity index is 356. The maximum atomic E-state index is 12.9. The van der Waals surface area contributed by atoms with E-state index in [1.165, 1.54) is 12.1 Å². The molecule has 0 bridgehead atoms. The van der Waals surface area contributed by atoms with Crippen molar-refractivity contribution in [2.24, 2.45) is 0 Å². The van der Waals surface area contributed by atoms with Gasteiger partial charge in [0.2, 0.25) is 0 Å². The van der Waals surface area contributed by atoms with E-state index < -0.39 is 5.97 Å². The van der Waals surface area contributed by atoms with Crippen LogP contribution in [0.4, 0.5) is 4.39 Å². The summed E-state index contributed by atoms with van der Waals surface area (Å²) >= 11 is 0. The molecular formula is C10H9FO2. The molecule has 0 saturated carbocycles. The van der Waals surface area contributed by atoms with Crippen LogP contribution >= 0.6 is 0 Å². The Balaban J connectivity index is 2.92. The Kier molecular flexibility index (Phi) is 2.80. The first-order valence-electron chi connectivity index (χ1n) is 3.77. The van der Waals surface area contributed by atoms with Crippen LogP contribution in [0.3, 0.4) is 0 Å². The van der Waals surface area contributed by atoms with Crippen LogP contribution in [0.15, 0.2) is 24.3 Å². The zero-order valence-corrected chi connectivity index (χ0v) is 7.12. The van der Waals surface area contributed by atoms with Gasteiger partial charge in [0.1, 0.15) is 5.82 Å². The third kappa shape index (κ3) is 2.71. The number of rotatable bonds is 2. The molecular weight excluding hydrogens is 171 g/mol. The summed E-state index contributed by atoms with van der Waals surface area (Å²) in [5.74, 6) is -1.37. The average molecular weight is 180 g/mol. The largest absolute Gasteiger partial charge is 0.478 e. The number of carboxylic acids is 1. The minimum absolute atomic E-state index is 0.326. The van der Waals surface area contributed by atoms with E-state index in [4.69, 9.17) is 5.11 Å². The quantitative estimate of drug-likeness (QED) is 0.708. The molecule has 0 heterocycles. The molecule has 0 radical (unpaired) electrons. The summed E-state index contributed by atoms with van der Waals surface area (Å²) in [6.07, 6.45) is 2.33. The first-order valence-corrected chi connectivity index (χ1v) is 3.77. The number of aliphatic carboxylic acids is 1. The molecule has 0 atom stereocenters. The van der Waals surface area contributed by atoms with Crippen LogP contribution in [-0.4, -0.2) is 11.1 Å². The third-order valence-electron chi connectivity index (χ3n) is 1.61. The van der Waals surface area contributed by atoms with Gasteiger partial charge in [0, 0.05) is 6.08 Å². The Morgan fingerprint density at radius 2 is 2.23 bits per heavy atom. The fraction of sp³-hybridized carbons (Fsp3) is 0.100. The predicted octanol–water partition coefficient (Wildman–Crippen LogP) is 2.23. The van der Waals surface area contributed by atoms with Gasteiger partial charge in [0.25, 0.3) is 0 Å². The van der Waals surface area contributed by atoms with Gasteiger partial charge in [-0.3, -0.25) is 0 Å². The highest BCUT2D eigenvalue weighted by molar-refractivity contribution is 5.85. The molecule has 1 N–H and O–H groups in total. The fourth-order valence-corrected chi connectivity index (χ4v) is 0.880. The van der Waals surface area contributed by atoms with Gasteiger partial charge in [-0.1, -0.05) is 12.1 Å². The maximum Gasteiger partial charge on any atom is 0.328 e. The fourth-order valence-electron chi connectivity index (χ4n) is 0.880. The van der Waals surface area contributed by atoms with Crippen LogP contribution in [0.2, 0.25) is 0 Å². The van der Waals surface area contributed by atoms with Gasteiger partial charge in [-0.05, 0) is 30.2 Å². The predicted molar refractivity (Wildman–Crippen MR) is 47.8 cm³/mol. The molecule has 1 aromatic rings. The molecule has 2 nitrogen and oxygen atoms in total. The molecule has 0 aliphatic heterocycles. The lowest BCUT2D eigenvalue weighted by Crippen LogP contribution is -1.87. The summed E-state index contributed by atoms with van der Waals surface area (Å²) in [7, 11) is 0. The molecule has 0 amide bonds. The van der Waals surface area contributed by atoms with Gasteiger partial charge >= 0.3 is 5.97 Å². The summed E-state index contributed by atoms with van der Waals surface area (Å²) < 4.78 is 12.9. The summed E-state index contributed by atoms with van der Waals surface area (Å²) in [4.78, 5) is 10.1.